The van der Waals surface area contributed by atoms with E-state index in [1.165, 1.54) is 16.0 Å². The molecule has 0 radical (unpaired) electrons. The average Bonchev–Trinajstić information content (AvgIpc) is 2.92. The number of benzene rings is 1. The SMILES string of the molecule is CN=C(NCC1Cc2ccccc21)NC1CCN(CC(F)(F)F)C1. The molecular weight excluding hydrogens is 317 g/mol. The summed E-state index contributed by atoms with van der Waals surface area (Å²) in [5.41, 5.74) is 2.77. The Hall–Kier alpha value is -1.76. The van der Waals surface area contributed by atoms with E-state index in [9.17, 15) is 13.2 Å². The molecule has 2 unspecified atom stereocenters. The molecule has 2 N–H and O–H groups in total. The summed E-state index contributed by atoms with van der Waals surface area (Å²) in [4.78, 5) is 5.63. The molecule has 1 heterocycles. The van der Waals surface area contributed by atoms with Crippen molar-refractivity contribution < 1.29 is 13.2 Å². The molecule has 0 amide bonds. The van der Waals surface area contributed by atoms with Gasteiger partial charge in [-0.2, -0.15) is 13.2 Å². The van der Waals surface area contributed by atoms with Gasteiger partial charge in [0.15, 0.2) is 5.96 Å². The summed E-state index contributed by atoms with van der Waals surface area (Å²) >= 11 is 0. The minimum Gasteiger partial charge on any atom is -0.356 e. The normalized spacial score (nSPS) is 24.4. The Kier molecular flexibility index (Phi) is 4.99. The maximum absolute atomic E-state index is 12.4. The molecule has 1 saturated heterocycles. The van der Waals surface area contributed by atoms with Crippen LogP contribution in [-0.2, 0) is 6.42 Å². The number of aliphatic imine (C=N–C) groups is 1. The number of fused-ring (bicyclic) bond motifs is 1. The quantitative estimate of drug-likeness (QED) is 0.652. The molecule has 0 bridgehead atoms. The Morgan fingerprint density at radius 1 is 1.33 bits per heavy atom. The van der Waals surface area contributed by atoms with Crippen LogP contribution in [0.1, 0.15) is 23.5 Å². The fourth-order valence-electron chi connectivity index (χ4n) is 3.50. The van der Waals surface area contributed by atoms with Gasteiger partial charge >= 0.3 is 6.18 Å². The molecule has 1 aliphatic heterocycles. The molecule has 2 atom stereocenters. The van der Waals surface area contributed by atoms with E-state index in [-0.39, 0.29) is 6.04 Å². The van der Waals surface area contributed by atoms with E-state index in [1.54, 1.807) is 7.05 Å². The van der Waals surface area contributed by atoms with Crippen LogP contribution in [0.25, 0.3) is 0 Å². The predicted octanol–water partition coefficient (Wildman–Crippen LogP) is 2.13. The monoisotopic (exact) mass is 340 g/mol. The molecule has 1 aliphatic carbocycles. The fraction of sp³-hybridized carbons (Fsp3) is 0.588. The molecule has 1 fully saturated rings. The summed E-state index contributed by atoms with van der Waals surface area (Å²) < 4.78 is 37.3. The van der Waals surface area contributed by atoms with Crippen LogP contribution in [0.5, 0.6) is 0 Å². The zero-order chi connectivity index (χ0) is 17.2. The lowest BCUT2D eigenvalue weighted by atomic mass is 9.78. The van der Waals surface area contributed by atoms with E-state index < -0.39 is 12.7 Å². The largest absolute Gasteiger partial charge is 0.401 e. The van der Waals surface area contributed by atoms with E-state index in [1.807, 2.05) is 6.07 Å². The minimum absolute atomic E-state index is 0.00669. The summed E-state index contributed by atoms with van der Waals surface area (Å²) in [6.45, 7) is 0.808. The minimum atomic E-state index is -4.13. The average molecular weight is 340 g/mol. The van der Waals surface area contributed by atoms with Crippen LogP contribution in [0.3, 0.4) is 0 Å². The number of hydrogen-bond acceptors (Lipinski definition) is 2. The van der Waals surface area contributed by atoms with Crippen molar-refractivity contribution in [3.8, 4) is 0 Å². The second-order valence-corrected chi connectivity index (χ2v) is 6.53. The molecular formula is C17H23F3N4. The van der Waals surface area contributed by atoms with Crippen molar-refractivity contribution in [2.75, 3.05) is 33.2 Å². The molecule has 0 spiro atoms. The number of halogens is 3. The van der Waals surface area contributed by atoms with Crippen LogP contribution >= 0.6 is 0 Å². The second kappa shape index (κ2) is 7.01. The first-order valence-corrected chi connectivity index (χ1v) is 8.28. The van der Waals surface area contributed by atoms with Gasteiger partial charge in [-0.25, -0.2) is 0 Å². The van der Waals surface area contributed by atoms with Crippen LogP contribution in [0.15, 0.2) is 29.3 Å². The molecule has 0 aromatic heterocycles. The molecule has 0 saturated carbocycles. The molecule has 4 nitrogen and oxygen atoms in total. The number of likely N-dealkylation sites (tertiary alicyclic amines) is 1. The smallest absolute Gasteiger partial charge is 0.356 e. The fourth-order valence-corrected chi connectivity index (χ4v) is 3.50. The highest BCUT2D eigenvalue weighted by atomic mass is 19.4. The van der Waals surface area contributed by atoms with Crippen molar-refractivity contribution >= 4 is 5.96 Å². The van der Waals surface area contributed by atoms with E-state index in [4.69, 9.17) is 0 Å². The highest BCUT2D eigenvalue weighted by Gasteiger charge is 2.34. The number of alkyl halides is 3. The topological polar surface area (TPSA) is 39.7 Å². The Labute approximate surface area is 140 Å². The first-order chi connectivity index (χ1) is 11.4. The standard InChI is InChI=1S/C17H23F3N4/c1-21-16(22-9-13-8-12-4-2-3-5-15(12)13)23-14-6-7-24(10-14)11-17(18,19)20/h2-5,13-14H,6-11H2,1H3,(H2,21,22,23). The van der Waals surface area contributed by atoms with Crippen LogP contribution in [0, 0.1) is 0 Å². The van der Waals surface area contributed by atoms with Crippen molar-refractivity contribution in [1.82, 2.24) is 15.5 Å². The lowest BCUT2D eigenvalue weighted by Gasteiger charge is -2.31. The van der Waals surface area contributed by atoms with Crippen molar-refractivity contribution in [2.45, 2.75) is 31.0 Å². The van der Waals surface area contributed by atoms with E-state index in [0.29, 0.717) is 31.4 Å². The van der Waals surface area contributed by atoms with Gasteiger partial charge in [-0.1, -0.05) is 24.3 Å². The molecule has 1 aromatic carbocycles. The molecule has 7 heteroatoms. The van der Waals surface area contributed by atoms with Crippen LogP contribution < -0.4 is 10.6 Å². The van der Waals surface area contributed by atoms with Crippen molar-refractivity contribution in [1.29, 1.82) is 0 Å². The number of rotatable bonds is 4. The zero-order valence-corrected chi connectivity index (χ0v) is 13.7. The third-order valence-corrected chi connectivity index (χ3v) is 4.72. The Bertz CT molecular complexity index is 600. The van der Waals surface area contributed by atoms with Crippen molar-refractivity contribution in [3.63, 3.8) is 0 Å². The maximum atomic E-state index is 12.4. The highest BCUT2D eigenvalue weighted by molar-refractivity contribution is 5.80. The van der Waals surface area contributed by atoms with E-state index in [2.05, 4.69) is 33.8 Å². The molecule has 24 heavy (non-hydrogen) atoms. The van der Waals surface area contributed by atoms with Gasteiger partial charge in [0, 0.05) is 38.6 Å². The summed E-state index contributed by atoms with van der Waals surface area (Å²) in [7, 11) is 1.69. The lowest BCUT2D eigenvalue weighted by Crippen LogP contribution is -2.46. The zero-order valence-electron chi connectivity index (χ0n) is 13.7. The summed E-state index contributed by atoms with van der Waals surface area (Å²) in [6.07, 6.45) is -2.38. The summed E-state index contributed by atoms with van der Waals surface area (Å²) in [5, 5.41) is 6.54. The predicted molar refractivity (Wildman–Crippen MR) is 88.3 cm³/mol. The summed E-state index contributed by atoms with van der Waals surface area (Å²) in [6, 6.07) is 8.40. The van der Waals surface area contributed by atoms with Gasteiger partial charge in [0.25, 0.3) is 0 Å². The Morgan fingerprint density at radius 3 is 2.83 bits per heavy atom. The number of hydrogen-bond donors (Lipinski definition) is 2. The number of guanidine groups is 1. The number of nitrogens with one attached hydrogen (secondary N) is 2. The summed E-state index contributed by atoms with van der Waals surface area (Å²) in [5.74, 6) is 1.14. The third-order valence-electron chi connectivity index (χ3n) is 4.72. The van der Waals surface area contributed by atoms with Gasteiger partial charge in [0.1, 0.15) is 0 Å². The van der Waals surface area contributed by atoms with Gasteiger partial charge in [-0.05, 0) is 24.0 Å². The highest BCUT2D eigenvalue weighted by Crippen LogP contribution is 2.33. The Balaban J connectivity index is 1.43. The second-order valence-electron chi connectivity index (χ2n) is 6.53. The van der Waals surface area contributed by atoms with Gasteiger partial charge in [0.2, 0.25) is 0 Å². The maximum Gasteiger partial charge on any atom is 0.401 e. The van der Waals surface area contributed by atoms with E-state index in [0.717, 1.165) is 13.0 Å². The first kappa shape index (κ1) is 17.1. The molecule has 132 valence electrons. The first-order valence-electron chi connectivity index (χ1n) is 8.28. The number of nitrogens with zero attached hydrogens (tertiary/aromatic N) is 2. The molecule has 3 rings (SSSR count). The van der Waals surface area contributed by atoms with Crippen LogP contribution in [0.2, 0.25) is 0 Å². The lowest BCUT2D eigenvalue weighted by molar-refractivity contribution is -0.143. The Morgan fingerprint density at radius 2 is 2.12 bits per heavy atom. The van der Waals surface area contributed by atoms with Gasteiger partial charge in [0.05, 0.1) is 6.54 Å². The molecule has 1 aromatic rings. The van der Waals surface area contributed by atoms with Gasteiger partial charge in [-0.15, -0.1) is 0 Å². The van der Waals surface area contributed by atoms with Crippen LogP contribution in [0.4, 0.5) is 13.2 Å². The van der Waals surface area contributed by atoms with E-state index >= 15 is 0 Å². The third kappa shape index (κ3) is 4.20. The van der Waals surface area contributed by atoms with Crippen LogP contribution in [-0.4, -0.2) is 56.3 Å². The van der Waals surface area contributed by atoms with Crippen molar-refractivity contribution in [3.05, 3.63) is 35.4 Å². The van der Waals surface area contributed by atoms with Gasteiger partial charge < -0.3 is 10.6 Å². The van der Waals surface area contributed by atoms with Gasteiger partial charge in [-0.3, -0.25) is 9.89 Å². The van der Waals surface area contributed by atoms with Crippen molar-refractivity contribution in [2.24, 2.45) is 4.99 Å². The molecule has 2 aliphatic rings.